The lowest BCUT2D eigenvalue weighted by atomic mass is 9.98. The molecule has 1 aromatic rings. The van der Waals surface area contributed by atoms with E-state index in [0.29, 0.717) is 18.4 Å². The molecule has 96 valence electrons. The van der Waals surface area contributed by atoms with Gasteiger partial charge in [-0.1, -0.05) is 24.3 Å². The third-order valence-electron chi connectivity index (χ3n) is 3.07. The molecule has 18 heavy (non-hydrogen) atoms. The van der Waals surface area contributed by atoms with Crippen LogP contribution in [0.2, 0.25) is 0 Å². The number of nitrogens with two attached hydrogens (primary N) is 1. The van der Waals surface area contributed by atoms with Crippen molar-refractivity contribution in [2.45, 2.75) is 24.5 Å². The van der Waals surface area contributed by atoms with E-state index in [4.69, 9.17) is 16.3 Å². The Morgan fingerprint density at radius 1 is 1.56 bits per heavy atom. The van der Waals surface area contributed by atoms with Crippen molar-refractivity contribution in [3.63, 3.8) is 0 Å². The second-order valence-electron chi connectivity index (χ2n) is 4.57. The zero-order valence-corrected chi connectivity index (χ0v) is 10.9. The van der Waals surface area contributed by atoms with Crippen molar-refractivity contribution < 1.29 is 12.6 Å². The molecule has 1 aliphatic rings. The van der Waals surface area contributed by atoms with Crippen LogP contribution in [-0.2, 0) is 20.0 Å². The predicted octanol–water partition coefficient (Wildman–Crippen LogP) is 1.28. The monoisotopic (exact) mass is 265 g/mol. The van der Waals surface area contributed by atoms with Crippen molar-refractivity contribution in [3.8, 4) is 12.3 Å². The molecule has 1 aliphatic carbocycles. The summed E-state index contributed by atoms with van der Waals surface area (Å²) in [5, 5.41) is 0. The van der Waals surface area contributed by atoms with Gasteiger partial charge in [0.15, 0.2) is 5.72 Å². The van der Waals surface area contributed by atoms with Crippen LogP contribution in [0.3, 0.4) is 0 Å². The SMILES string of the molecule is C#CC[C@H]1CC(N)(OS(C)(=O)=O)c2ccccc21. The van der Waals surface area contributed by atoms with Crippen LogP contribution >= 0.6 is 0 Å². The van der Waals surface area contributed by atoms with Gasteiger partial charge in [0.2, 0.25) is 0 Å². The Bertz CT molecular complexity index is 603. The first-order valence-corrected chi connectivity index (χ1v) is 7.40. The molecule has 0 aliphatic heterocycles. The summed E-state index contributed by atoms with van der Waals surface area (Å²) in [7, 11) is -3.62. The van der Waals surface area contributed by atoms with Crippen molar-refractivity contribution >= 4 is 10.1 Å². The molecule has 0 saturated carbocycles. The van der Waals surface area contributed by atoms with E-state index in [1.54, 1.807) is 6.07 Å². The lowest BCUT2D eigenvalue weighted by molar-refractivity contribution is 0.0794. The summed E-state index contributed by atoms with van der Waals surface area (Å²) in [4.78, 5) is 0. The Labute approximate surface area is 107 Å². The maximum Gasteiger partial charge on any atom is 0.266 e. The van der Waals surface area contributed by atoms with Crippen LogP contribution in [0.4, 0.5) is 0 Å². The van der Waals surface area contributed by atoms with Crippen molar-refractivity contribution in [2.75, 3.05) is 6.26 Å². The fraction of sp³-hybridized carbons (Fsp3) is 0.385. The highest BCUT2D eigenvalue weighted by atomic mass is 32.2. The largest absolute Gasteiger partial charge is 0.298 e. The standard InChI is InChI=1S/C13H15NO3S/c1-3-6-10-9-13(14,17-18(2,15)16)12-8-5-4-7-11(10)12/h1,4-5,7-8,10H,6,9,14H2,2H3/t10-,13?/m0/s1. The van der Waals surface area contributed by atoms with Crippen LogP contribution in [0.15, 0.2) is 24.3 Å². The molecule has 2 rings (SSSR count). The first kappa shape index (κ1) is 13.1. The molecular weight excluding hydrogens is 250 g/mol. The van der Waals surface area contributed by atoms with E-state index < -0.39 is 15.8 Å². The average Bonchev–Trinajstić information content (AvgIpc) is 2.51. The highest BCUT2D eigenvalue weighted by Gasteiger charge is 2.43. The fourth-order valence-electron chi connectivity index (χ4n) is 2.50. The van der Waals surface area contributed by atoms with E-state index in [1.807, 2.05) is 18.2 Å². The average molecular weight is 265 g/mol. The molecule has 0 spiro atoms. The minimum atomic E-state index is -3.62. The Morgan fingerprint density at radius 2 is 2.22 bits per heavy atom. The van der Waals surface area contributed by atoms with Gasteiger partial charge in [-0.3, -0.25) is 5.73 Å². The van der Waals surface area contributed by atoms with Crippen molar-refractivity contribution in [1.29, 1.82) is 0 Å². The smallest absolute Gasteiger partial charge is 0.266 e. The predicted molar refractivity (Wildman–Crippen MR) is 69.0 cm³/mol. The van der Waals surface area contributed by atoms with Crippen LogP contribution in [0.5, 0.6) is 0 Å². The normalized spacial score (nSPS) is 26.6. The van der Waals surface area contributed by atoms with Gasteiger partial charge >= 0.3 is 0 Å². The first-order chi connectivity index (χ1) is 8.36. The van der Waals surface area contributed by atoms with E-state index >= 15 is 0 Å². The quantitative estimate of drug-likeness (QED) is 0.508. The lowest BCUT2D eigenvalue weighted by Gasteiger charge is -2.24. The minimum Gasteiger partial charge on any atom is -0.298 e. The Morgan fingerprint density at radius 3 is 2.83 bits per heavy atom. The second-order valence-corrected chi connectivity index (χ2v) is 6.15. The molecule has 0 amide bonds. The van der Waals surface area contributed by atoms with Gasteiger partial charge in [-0.05, 0) is 11.5 Å². The third kappa shape index (κ3) is 2.41. The molecular formula is C13H15NO3S. The number of hydrogen-bond acceptors (Lipinski definition) is 4. The molecule has 0 fully saturated rings. The van der Waals surface area contributed by atoms with Gasteiger partial charge in [-0.2, -0.15) is 8.42 Å². The fourth-order valence-corrected chi connectivity index (χ4v) is 3.20. The third-order valence-corrected chi connectivity index (χ3v) is 3.67. The highest BCUT2D eigenvalue weighted by molar-refractivity contribution is 7.86. The summed E-state index contributed by atoms with van der Waals surface area (Å²) >= 11 is 0. The zero-order valence-electron chi connectivity index (χ0n) is 10.1. The molecule has 0 radical (unpaired) electrons. The van der Waals surface area contributed by atoms with Gasteiger partial charge in [0.1, 0.15) is 0 Å². The summed E-state index contributed by atoms with van der Waals surface area (Å²) in [6.07, 6.45) is 7.23. The van der Waals surface area contributed by atoms with Crippen molar-refractivity contribution in [3.05, 3.63) is 35.4 Å². The molecule has 0 saturated heterocycles. The molecule has 4 nitrogen and oxygen atoms in total. The molecule has 5 heteroatoms. The van der Waals surface area contributed by atoms with Crippen LogP contribution in [0.1, 0.15) is 29.9 Å². The molecule has 1 unspecified atom stereocenters. The first-order valence-electron chi connectivity index (χ1n) is 5.58. The van der Waals surface area contributed by atoms with Crippen molar-refractivity contribution in [1.82, 2.24) is 0 Å². The maximum absolute atomic E-state index is 11.3. The number of rotatable bonds is 3. The van der Waals surface area contributed by atoms with E-state index in [1.165, 1.54) is 0 Å². The highest BCUT2D eigenvalue weighted by Crippen LogP contribution is 2.45. The number of benzene rings is 1. The van der Waals surface area contributed by atoms with E-state index in [0.717, 1.165) is 11.8 Å². The van der Waals surface area contributed by atoms with E-state index in [2.05, 4.69) is 5.92 Å². The maximum atomic E-state index is 11.3. The summed E-state index contributed by atoms with van der Waals surface area (Å²) in [5.74, 6) is 2.63. The Kier molecular flexibility index (Phi) is 3.20. The lowest BCUT2D eigenvalue weighted by Crippen LogP contribution is -2.39. The molecule has 0 aromatic heterocycles. The van der Waals surface area contributed by atoms with E-state index in [-0.39, 0.29) is 5.92 Å². The van der Waals surface area contributed by atoms with Crippen molar-refractivity contribution in [2.24, 2.45) is 5.73 Å². The van der Waals surface area contributed by atoms with Crippen LogP contribution in [-0.4, -0.2) is 14.7 Å². The molecule has 0 heterocycles. The van der Waals surface area contributed by atoms with Crippen LogP contribution < -0.4 is 5.73 Å². The zero-order chi connectivity index (χ0) is 13.4. The van der Waals surface area contributed by atoms with Gasteiger partial charge < -0.3 is 0 Å². The van der Waals surface area contributed by atoms with E-state index in [9.17, 15) is 8.42 Å². The molecule has 0 bridgehead atoms. The number of terminal acetylenes is 1. The summed E-state index contributed by atoms with van der Waals surface area (Å²) < 4.78 is 27.7. The Hall–Kier alpha value is -1.35. The van der Waals surface area contributed by atoms with Gasteiger partial charge in [-0.25, -0.2) is 4.18 Å². The summed E-state index contributed by atoms with van der Waals surface area (Å²) in [5.41, 5.74) is 6.49. The topological polar surface area (TPSA) is 69.4 Å². The Balaban J connectivity index is 2.45. The van der Waals surface area contributed by atoms with Gasteiger partial charge in [-0.15, -0.1) is 12.3 Å². The molecule has 1 aromatic carbocycles. The van der Waals surface area contributed by atoms with Gasteiger partial charge in [0, 0.05) is 18.4 Å². The van der Waals surface area contributed by atoms with Gasteiger partial charge in [0.25, 0.3) is 10.1 Å². The minimum absolute atomic E-state index is 0.0398. The van der Waals surface area contributed by atoms with Crippen LogP contribution in [0, 0.1) is 12.3 Å². The van der Waals surface area contributed by atoms with Crippen LogP contribution in [0.25, 0.3) is 0 Å². The number of fused-ring (bicyclic) bond motifs is 1. The molecule has 2 atom stereocenters. The second kappa shape index (κ2) is 4.39. The number of hydrogen-bond donors (Lipinski definition) is 1. The van der Waals surface area contributed by atoms with Gasteiger partial charge in [0.05, 0.1) is 6.26 Å². The molecule has 2 N–H and O–H groups in total. The summed E-state index contributed by atoms with van der Waals surface area (Å²) in [6.45, 7) is 0. The summed E-state index contributed by atoms with van der Waals surface area (Å²) in [6, 6.07) is 7.40.